The Morgan fingerprint density at radius 3 is 2.86 bits per heavy atom. The van der Waals surface area contributed by atoms with Crippen LogP contribution in [0.4, 0.5) is 5.69 Å². The minimum Gasteiger partial charge on any atom is -0.397 e. The van der Waals surface area contributed by atoms with Crippen LogP contribution in [0.5, 0.6) is 0 Å². The molecule has 0 unspecified atom stereocenters. The molecule has 114 valence electrons. The number of thiophene rings is 1. The summed E-state index contributed by atoms with van der Waals surface area (Å²) in [6, 6.07) is 5.74. The van der Waals surface area contributed by atoms with Crippen molar-refractivity contribution in [3.05, 3.63) is 27.5 Å². The lowest BCUT2D eigenvalue weighted by molar-refractivity contribution is 0.0662. The maximum Gasteiger partial charge on any atom is 0.266 e. The van der Waals surface area contributed by atoms with E-state index >= 15 is 0 Å². The van der Waals surface area contributed by atoms with Crippen LogP contribution in [0.3, 0.4) is 0 Å². The minimum atomic E-state index is -0.174. The third kappa shape index (κ3) is 3.37. The Balaban J connectivity index is 2.37. The van der Waals surface area contributed by atoms with E-state index < -0.39 is 0 Å². The number of benzene rings is 1. The highest BCUT2D eigenvalue weighted by molar-refractivity contribution is 9.10. The summed E-state index contributed by atoms with van der Waals surface area (Å²) >= 11 is 4.83. The second-order valence-corrected chi connectivity index (χ2v) is 6.37. The normalized spacial score (nSPS) is 11.0. The lowest BCUT2D eigenvalue weighted by Gasteiger charge is -2.20. The summed E-state index contributed by atoms with van der Waals surface area (Å²) < 4.78 is 6.83. The first-order chi connectivity index (χ1) is 10.1. The highest BCUT2D eigenvalue weighted by atomic mass is 79.9. The zero-order chi connectivity index (χ0) is 15.4. The van der Waals surface area contributed by atoms with Gasteiger partial charge in [-0.25, -0.2) is 0 Å². The fraction of sp³-hybridized carbons (Fsp3) is 0.357. The second kappa shape index (κ2) is 7.22. The summed E-state index contributed by atoms with van der Waals surface area (Å²) in [6.45, 7) is 1.01. The minimum absolute atomic E-state index is 0.0933. The molecule has 0 aliphatic heterocycles. The van der Waals surface area contributed by atoms with Crippen LogP contribution in [0, 0.1) is 0 Å². The van der Waals surface area contributed by atoms with Crippen LogP contribution in [0.25, 0.3) is 10.1 Å². The summed E-state index contributed by atoms with van der Waals surface area (Å²) in [4.78, 5) is 14.7. The maximum atomic E-state index is 12.6. The molecule has 21 heavy (non-hydrogen) atoms. The quantitative estimate of drug-likeness (QED) is 0.815. The number of carbonyl (C=O) groups excluding carboxylic acids is 1. The van der Waals surface area contributed by atoms with Crippen LogP contribution in [-0.4, -0.2) is 49.3 Å². The molecule has 2 rings (SSSR count). The molecular weight excluding hydrogens is 356 g/mol. The molecule has 5 nitrogen and oxygen atoms in total. The lowest BCUT2D eigenvalue weighted by Crippen LogP contribution is -2.36. The van der Waals surface area contributed by atoms with Gasteiger partial charge < -0.3 is 20.5 Å². The van der Waals surface area contributed by atoms with E-state index in [-0.39, 0.29) is 19.1 Å². The molecule has 0 saturated carbocycles. The van der Waals surface area contributed by atoms with E-state index in [9.17, 15) is 4.79 Å². The number of carbonyl (C=O) groups is 1. The van der Waals surface area contributed by atoms with E-state index in [0.717, 1.165) is 14.6 Å². The molecule has 1 aromatic heterocycles. The molecule has 1 heterocycles. The number of ether oxygens (including phenoxy) is 1. The van der Waals surface area contributed by atoms with E-state index in [1.807, 2.05) is 18.2 Å². The molecule has 0 radical (unpaired) electrons. The predicted molar refractivity (Wildman–Crippen MR) is 88.8 cm³/mol. The van der Waals surface area contributed by atoms with Gasteiger partial charge in [0.25, 0.3) is 5.91 Å². The Morgan fingerprint density at radius 1 is 1.48 bits per heavy atom. The topological polar surface area (TPSA) is 75.8 Å². The number of nitrogen functional groups attached to an aromatic ring is 1. The van der Waals surface area contributed by atoms with Crippen LogP contribution < -0.4 is 5.73 Å². The third-order valence-corrected chi connectivity index (χ3v) is 4.94. The van der Waals surface area contributed by atoms with Crippen LogP contribution in [0.15, 0.2) is 22.7 Å². The summed E-state index contributed by atoms with van der Waals surface area (Å²) in [5.74, 6) is -0.174. The van der Waals surface area contributed by atoms with Gasteiger partial charge in [0.1, 0.15) is 4.88 Å². The zero-order valence-electron chi connectivity index (χ0n) is 11.6. The number of halogens is 1. The molecule has 7 heteroatoms. The van der Waals surface area contributed by atoms with Gasteiger partial charge in [-0.1, -0.05) is 22.0 Å². The van der Waals surface area contributed by atoms with Gasteiger partial charge in [-0.15, -0.1) is 11.3 Å². The second-order valence-electron chi connectivity index (χ2n) is 4.47. The van der Waals surface area contributed by atoms with Crippen LogP contribution >= 0.6 is 27.3 Å². The van der Waals surface area contributed by atoms with E-state index in [2.05, 4.69) is 15.9 Å². The van der Waals surface area contributed by atoms with Crippen molar-refractivity contribution in [2.24, 2.45) is 0 Å². The zero-order valence-corrected chi connectivity index (χ0v) is 14.0. The van der Waals surface area contributed by atoms with Crippen molar-refractivity contribution < 1.29 is 14.6 Å². The Bertz CT molecular complexity index is 644. The molecule has 0 aliphatic carbocycles. The van der Waals surface area contributed by atoms with E-state index in [0.29, 0.717) is 23.7 Å². The molecule has 0 atom stereocenters. The molecule has 0 fully saturated rings. The third-order valence-electron chi connectivity index (χ3n) is 3.12. The molecule has 0 aliphatic rings. The SMILES string of the molecule is COCCN(CCO)C(=O)c1sc2cccc(Br)c2c1N. The van der Waals surface area contributed by atoms with Crippen molar-refractivity contribution in [1.82, 2.24) is 4.90 Å². The summed E-state index contributed by atoms with van der Waals surface area (Å²) in [6.07, 6.45) is 0. The van der Waals surface area contributed by atoms with Crippen molar-refractivity contribution in [2.75, 3.05) is 39.1 Å². The number of methoxy groups -OCH3 is 1. The van der Waals surface area contributed by atoms with Crippen molar-refractivity contribution in [3.8, 4) is 0 Å². The molecule has 2 aromatic rings. The van der Waals surface area contributed by atoms with Gasteiger partial charge in [-0.3, -0.25) is 4.79 Å². The van der Waals surface area contributed by atoms with Crippen LogP contribution in [0.2, 0.25) is 0 Å². The number of amides is 1. The first-order valence-corrected chi connectivity index (χ1v) is 8.06. The van der Waals surface area contributed by atoms with Gasteiger partial charge in [-0.05, 0) is 12.1 Å². The standard InChI is InChI=1S/C14H17BrN2O3S/c1-20-8-6-17(5-7-18)14(19)13-12(16)11-9(15)3-2-4-10(11)21-13/h2-4,18H,5-8,16H2,1H3. The average Bonchev–Trinajstić information content (AvgIpc) is 2.81. The van der Waals surface area contributed by atoms with Crippen molar-refractivity contribution in [2.45, 2.75) is 0 Å². The predicted octanol–water partition coefficient (Wildman–Crippen LogP) is 2.33. The first-order valence-electron chi connectivity index (χ1n) is 6.45. The maximum absolute atomic E-state index is 12.6. The summed E-state index contributed by atoms with van der Waals surface area (Å²) in [7, 11) is 1.58. The van der Waals surface area contributed by atoms with E-state index in [1.165, 1.54) is 11.3 Å². The van der Waals surface area contributed by atoms with Crippen LogP contribution in [-0.2, 0) is 4.74 Å². The number of aliphatic hydroxyl groups excluding tert-OH is 1. The van der Waals surface area contributed by atoms with Crippen molar-refractivity contribution >= 4 is 48.9 Å². The Labute approximate surface area is 135 Å². The summed E-state index contributed by atoms with van der Waals surface area (Å²) in [5, 5.41) is 9.98. The molecule has 1 aromatic carbocycles. The highest BCUT2D eigenvalue weighted by Gasteiger charge is 2.22. The number of aliphatic hydroxyl groups is 1. The Kier molecular flexibility index (Phi) is 5.58. The first kappa shape index (κ1) is 16.2. The molecule has 3 N–H and O–H groups in total. The Hall–Kier alpha value is -1.15. The molecule has 0 spiro atoms. The fourth-order valence-corrected chi connectivity index (χ4v) is 3.90. The monoisotopic (exact) mass is 372 g/mol. The number of nitrogens with two attached hydrogens (primary N) is 1. The van der Waals surface area contributed by atoms with Gasteiger partial charge in [-0.2, -0.15) is 0 Å². The molecule has 0 bridgehead atoms. The summed E-state index contributed by atoms with van der Waals surface area (Å²) in [5.41, 5.74) is 6.62. The fourth-order valence-electron chi connectivity index (χ4n) is 2.07. The largest absolute Gasteiger partial charge is 0.397 e. The molecule has 1 amide bonds. The number of hydrogen-bond donors (Lipinski definition) is 2. The average molecular weight is 373 g/mol. The van der Waals surface area contributed by atoms with Crippen molar-refractivity contribution in [3.63, 3.8) is 0 Å². The molecule has 0 saturated heterocycles. The van der Waals surface area contributed by atoms with E-state index in [1.54, 1.807) is 12.0 Å². The number of rotatable bonds is 6. The van der Waals surface area contributed by atoms with Crippen LogP contribution in [0.1, 0.15) is 9.67 Å². The van der Waals surface area contributed by atoms with Gasteiger partial charge in [0, 0.05) is 34.8 Å². The van der Waals surface area contributed by atoms with E-state index in [4.69, 9.17) is 15.6 Å². The lowest BCUT2D eigenvalue weighted by atomic mass is 10.2. The smallest absolute Gasteiger partial charge is 0.266 e. The number of nitrogens with zero attached hydrogens (tertiary/aromatic N) is 1. The van der Waals surface area contributed by atoms with Gasteiger partial charge in [0.05, 0.1) is 18.9 Å². The van der Waals surface area contributed by atoms with Gasteiger partial charge in [0.15, 0.2) is 0 Å². The number of anilines is 1. The van der Waals surface area contributed by atoms with Gasteiger partial charge in [0.2, 0.25) is 0 Å². The van der Waals surface area contributed by atoms with Gasteiger partial charge >= 0.3 is 0 Å². The van der Waals surface area contributed by atoms with Crippen molar-refractivity contribution in [1.29, 1.82) is 0 Å². The Morgan fingerprint density at radius 2 is 2.24 bits per heavy atom. The number of hydrogen-bond acceptors (Lipinski definition) is 5. The highest BCUT2D eigenvalue weighted by Crippen LogP contribution is 2.38. The molecular formula is C14H17BrN2O3S. The number of fused-ring (bicyclic) bond motifs is 1.